The van der Waals surface area contributed by atoms with Crippen LogP contribution in [-0.2, 0) is 16.6 Å². The maximum absolute atomic E-state index is 15.1. The SMILES string of the molecule is CCn1cnc2c(-c3ccc(F)c(-c4cc5cnn(S(=O)(=O)CC)c5cc4OC)c3)cnnc21. The van der Waals surface area contributed by atoms with Crippen LogP contribution in [0.15, 0.2) is 49.1 Å². The van der Waals surface area contributed by atoms with Crippen LogP contribution in [-0.4, -0.2) is 50.2 Å². The molecule has 5 rings (SSSR count). The molecule has 0 amide bonds. The monoisotopic (exact) mass is 480 g/mol. The fourth-order valence-corrected chi connectivity index (χ4v) is 4.86. The van der Waals surface area contributed by atoms with Gasteiger partial charge in [-0.15, -0.1) is 5.10 Å². The van der Waals surface area contributed by atoms with Crippen LogP contribution in [0.1, 0.15) is 13.8 Å². The van der Waals surface area contributed by atoms with Crippen molar-refractivity contribution in [1.82, 2.24) is 28.9 Å². The molecule has 2 aromatic carbocycles. The predicted octanol–water partition coefficient (Wildman–Crippen LogP) is 3.88. The summed E-state index contributed by atoms with van der Waals surface area (Å²) in [7, 11) is -2.15. The minimum absolute atomic E-state index is 0.104. The van der Waals surface area contributed by atoms with Crippen LogP contribution >= 0.6 is 0 Å². The fraction of sp³-hybridized carbons (Fsp3) is 0.217. The van der Waals surface area contributed by atoms with E-state index in [9.17, 15) is 8.42 Å². The molecule has 0 aliphatic rings. The maximum Gasteiger partial charge on any atom is 0.254 e. The van der Waals surface area contributed by atoms with Gasteiger partial charge in [0.1, 0.15) is 17.1 Å². The summed E-state index contributed by atoms with van der Waals surface area (Å²) >= 11 is 0. The van der Waals surface area contributed by atoms with E-state index in [4.69, 9.17) is 4.74 Å². The molecule has 3 heterocycles. The Labute approximate surface area is 194 Å². The second-order valence-electron chi connectivity index (χ2n) is 7.66. The van der Waals surface area contributed by atoms with Crippen LogP contribution in [0.25, 0.3) is 44.3 Å². The van der Waals surface area contributed by atoms with Gasteiger partial charge in [0.2, 0.25) is 0 Å². The van der Waals surface area contributed by atoms with Crippen LogP contribution < -0.4 is 4.74 Å². The number of benzene rings is 2. The lowest BCUT2D eigenvalue weighted by Crippen LogP contribution is -2.15. The van der Waals surface area contributed by atoms with E-state index in [0.717, 1.165) is 9.65 Å². The lowest BCUT2D eigenvalue weighted by molar-refractivity contribution is 0.416. The third-order valence-corrected chi connectivity index (χ3v) is 7.35. The molecule has 0 aliphatic carbocycles. The fourth-order valence-electron chi connectivity index (χ4n) is 3.97. The second-order valence-corrected chi connectivity index (χ2v) is 9.74. The second kappa shape index (κ2) is 8.17. The molecule has 9 nitrogen and oxygen atoms in total. The molecule has 11 heteroatoms. The Morgan fingerprint density at radius 2 is 1.88 bits per heavy atom. The molecule has 0 spiro atoms. The van der Waals surface area contributed by atoms with Gasteiger partial charge in [0, 0.05) is 34.7 Å². The van der Waals surface area contributed by atoms with Gasteiger partial charge < -0.3 is 9.30 Å². The number of aromatic nitrogens is 6. The van der Waals surface area contributed by atoms with Crippen molar-refractivity contribution in [2.45, 2.75) is 20.4 Å². The van der Waals surface area contributed by atoms with Crippen molar-refractivity contribution < 1.29 is 17.5 Å². The average molecular weight is 481 g/mol. The molecule has 3 aromatic heterocycles. The summed E-state index contributed by atoms with van der Waals surface area (Å²) in [5.41, 5.74) is 3.88. The summed E-state index contributed by atoms with van der Waals surface area (Å²) in [6.45, 7) is 4.23. The topological polar surface area (TPSA) is 105 Å². The average Bonchev–Trinajstić information content (AvgIpc) is 3.47. The van der Waals surface area contributed by atoms with Gasteiger partial charge in [0.25, 0.3) is 10.0 Å². The number of hydrogen-bond donors (Lipinski definition) is 0. The molecule has 5 aromatic rings. The largest absolute Gasteiger partial charge is 0.496 e. The number of aryl methyl sites for hydroxylation is 1. The number of imidazole rings is 1. The van der Waals surface area contributed by atoms with Crippen molar-refractivity contribution in [1.29, 1.82) is 0 Å². The van der Waals surface area contributed by atoms with Gasteiger partial charge in [-0.05, 0) is 37.6 Å². The van der Waals surface area contributed by atoms with Crippen LogP contribution in [0.4, 0.5) is 4.39 Å². The zero-order valence-electron chi connectivity index (χ0n) is 18.7. The third kappa shape index (κ3) is 3.39. The van der Waals surface area contributed by atoms with E-state index >= 15 is 4.39 Å². The van der Waals surface area contributed by atoms with Crippen LogP contribution in [0.2, 0.25) is 0 Å². The predicted molar refractivity (Wildman–Crippen MR) is 127 cm³/mol. The van der Waals surface area contributed by atoms with Crippen molar-refractivity contribution in [3.8, 4) is 28.0 Å². The normalized spacial score (nSPS) is 12.0. The number of hydrogen-bond acceptors (Lipinski definition) is 7. The lowest BCUT2D eigenvalue weighted by Gasteiger charge is -2.13. The minimum Gasteiger partial charge on any atom is -0.496 e. The van der Waals surface area contributed by atoms with E-state index in [1.807, 2.05) is 11.5 Å². The van der Waals surface area contributed by atoms with E-state index in [1.165, 1.54) is 19.4 Å². The lowest BCUT2D eigenvalue weighted by atomic mass is 9.97. The molecule has 0 aliphatic heterocycles. The minimum atomic E-state index is -3.60. The first-order chi connectivity index (χ1) is 16.4. The zero-order valence-corrected chi connectivity index (χ0v) is 19.5. The number of fused-ring (bicyclic) bond motifs is 2. The van der Waals surface area contributed by atoms with Crippen LogP contribution in [0.5, 0.6) is 5.75 Å². The van der Waals surface area contributed by atoms with E-state index in [2.05, 4.69) is 20.3 Å². The van der Waals surface area contributed by atoms with Gasteiger partial charge in [-0.3, -0.25) is 0 Å². The highest BCUT2D eigenvalue weighted by molar-refractivity contribution is 7.89. The molecule has 34 heavy (non-hydrogen) atoms. The van der Waals surface area contributed by atoms with E-state index in [-0.39, 0.29) is 5.75 Å². The highest BCUT2D eigenvalue weighted by Gasteiger charge is 2.20. The first-order valence-electron chi connectivity index (χ1n) is 10.6. The van der Waals surface area contributed by atoms with Gasteiger partial charge in [-0.2, -0.15) is 14.3 Å². The molecule has 174 valence electrons. The van der Waals surface area contributed by atoms with Crippen molar-refractivity contribution >= 4 is 32.1 Å². The Kier molecular flexibility index (Phi) is 5.28. The Morgan fingerprint density at radius 3 is 2.62 bits per heavy atom. The number of methoxy groups -OCH3 is 1. The van der Waals surface area contributed by atoms with E-state index in [0.29, 0.717) is 51.1 Å². The molecule has 0 saturated carbocycles. The molecule has 0 atom stereocenters. The molecular formula is C23H21FN6O3S. The molecule has 0 bridgehead atoms. The maximum atomic E-state index is 15.1. The quantitative estimate of drug-likeness (QED) is 0.363. The molecule has 0 saturated heterocycles. The summed E-state index contributed by atoms with van der Waals surface area (Å²) < 4.78 is 48.3. The van der Waals surface area contributed by atoms with Gasteiger partial charge in [0.15, 0.2) is 5.65 Å². The Hall–Kier alpha value is -3.86. The number of nitrogens with zero attached hydrogens (tertiary/aromatic N) is 6. The summed E-state index contributed by atoms with van der Waals surface area (Å²) in [6, 6.07) is 7.98. The van der Waals surface area contributed by atoms with Gasteiger partial charge >= 0.3 is 0 Å². The highest BCUT2D eigenvalue weighted by atomic mass is 32.2. The summed E-state index contributed by atoms with van der Waals surface area (Å²) in [5, 5.41) is 12.9. The summed E-state index contributed by atoms with van der Waals surface area (Å²) in [6.07, 6.45) is 4.75. The molecule has 0 fully saturated rings. The first kappa shape index (κ1) is 22.0. The summed E-state index contributed by atoms with van der Waals surface area (Å²) in [4.78, 5) is 4.47. The Morgan fingerprint density at radius 1 is 1.06 bits per heavy atom. The number of ether oxygens (including phenoxy) is 1. The van der Waals surface area contributed by atoms with Crippen molar-refractivity contribution in [3.63, 3.8) is 0 Å². The molecule has 0 radical (unpaired) electrons. The van der Waals surface area contributed by atoms with Crippen molar-refractivity contribution in [2.24, 2.45) is 0 Å². The van der Waals surface area contributed by atoms with Crippen LogP contribution in [0.3, 0.4) is 0 Å². The van der Waals surface area contributed by atoms with Gasteiger partial charge in [-0.25, -0.2) is 17.8 Å². The summed E-state index contributed by atoms with van der Waals surface area (Å²) in [5.74, 6) is -0.232. The van der Waals surface area contributed by atoms with Crippen LogP contribution in [0, 0.1) is 5.82 Å². The first-order valence-corrected chi connectivity index (χ1v) is 12.2. The number of rotatable bonds is 6. The van der Waals surface area contributed by atoms with E-state index < -0.39 is 15.8 Å². The Balaban J connectivity index is 1.70. The zero-order chi connectivity index (χ0) is 24.0. The van der Waals surface area contributed by atoms with Gasteiger partial charge in [-0.1, -0.05) is 6.07 Å². The smallest absolute Gasteiger partial charge is 0.254 e. The van der Waals surface area contributed by atoms with Crippen molar-refractivity contribution in [3.05, 3.63) is 54.9 Å². The van der Waals surface area contributed by atoms with Crippen molar-refractivity contribution in [2.75, 3.05) is 12.9 Å². The third-order valence-electron chi connectivity index (χ3n) is 5.80. The van der Waals surface area contributed by atoms with Gasteiger partial charge in [0.05, 0.1) is 37.1 Å². The molecule has 0 unspecified atom stereocenters. The highest BCUT2D eigenvalue weighted by Crippen LogP contribution is 2.38. The molecule has 0 N–H and O–H groups in total. The number of halogens is 1. The standard InChI is InChI=1S/C23H21FN6O3S/c1-4-29-13-25-22-18(12-26-28-23(22)29)14-6-7-19(24)16(8-14)17-9-15-11-27-30(34(31,32)5-2)20(15)10-21(17)33-3/h6-13H,4-5H2,1-3H3. The Bertz CT molecular complexity index is 1660. The van der Waals surface area contributed by atoms with E-state index in [1.54, 1.807) is 43.7 Å². The molecular weight excluding hydrogens is 459 g/mol.